The van der Waals surface area contributed by atoms with E-state index in [9.17, 15) is 4.79 Å². The number of methoxy groups -OCH3 is 1. The number of hydrogen-bond acceptors (Lipinski definition) is 4. The van der Waals surface area contributed by atoms with E-state index in [1.165, 1.54) is 0 Å². The predicted molar refractivity (Wildman–Crippen MR) is 89.8 cm³/mol. The third kappa shape index (κ3) is 3.50. The van der Waals surface area contributed by atoms with Crippen molar-refractivity contribution in [3.8, 4) is 5.75 Å². The fourth-order valence-electron chi connectivity index (χ4n) is 3.13. The topological polar surface area (TPSA) is 72.3 Å². The van der Waals surface area contributed by atoms with E-state index in [0.717, 1.165) is 31.5 Å². The third-order valence-corrected chi connectivity index (χ3v) is 4.54. The number of hydrogen-bond donors (Lipinski definition) is 1. The van der Waals surface area contributed by atoms with E-state index in [2.05, 4.69) is 19.9 Å². The van der Waals surface area contributed by atoms with Gasteiger partial charge in [0.25, 0.3) is 0 Å². The van der Waals surface area contributed by atoms with Crippen molar-refractivity contribution in [1.29, 1.82) is 0 Å². The lowest BCUT2D eigenvalue weighted by Gasteiger charge is -2.33. The summed E-state index contributed by atoms with van der Waals surface area (Å²) in [4.78, 5) is 22.5. The number of piperidine rings is 1. The quantitative estimate of drug-likeness (QED) is 0.935. The summed E-state index contributed by atoms with van der Waals surface area (Å²) in [5.41, 5.74) is 0.925. The molecular formula is C17H23N5O2. The molecule has 3 rings (SSSR count). The van der Waals surface area contributed by atoms with Crippen LogP contribution in [0.2, 0.25) is 0 Å². The minimum atomic E-state index is -0.137. The molecule has 0 unspecified atom stereocenters. The van der Waals surface area contributed by atoms with Crippen LogP contribution < -0.4 is 10.1 Å². The summed E-state index contributed by atoms with van der Waals surface area (Å²) in [6.07, 6.45) is 10.9. The standard InChI is InChI=1S/C17H23N5O2/c1-13(15-3-6-18-11-16(15)24-2)20-17(23)21-8-4-14(5-9-21)22-10-7-19-12-22/h3,6-7,10-14H,4-5,8-9H2,1-2H3,(H,20,23)/t13-/m0/s1. The first kappa shape index (κ1) is 16.3. The molecule has 1 aliphatic heterocycles. The molecule has 1 N–H and O–H groups in total. The fourth-order valence-corrected chi connectivity index (χ4v) is 3.13. The number of nitrogens with zero attached hydrogens (tertiary/aromatic N) is 4. The van der Waals surface area contributed by atoms with E-state index in [-0.39, 0.29) is 12.1 Å². The second kappa shape index (κ2) is 7.33. The van der Waals surface area contributed by atoms with E-state index in [0.29, 0.717) is 11.8 Å². The zero-order valence-electron chi connectivity index (χ0n) is 14.1. The molecule has 1 saturated heterocycles. The van der Waals surface area contributed by atoms with Crippen molar-refractivity contribution >= 4 is 6.03 Å². The van der Waals surface area contributed by atoms with Crippen molar-refractivity contribution in [2.24, 2.45) is 0 Å². The Balaban J connectivity index is 1.56. The van der Waals surface area contributed by atoms with Gasteiger partial charge in [-0.25, -0.2) is 9.78 Å². The first-order chi connectivity index (χ1) is 11.7. The van der Waals surface area contributed by atoms with Crippen LogP contribution in [0.4, 0.5) is 4.79 Å². The summed E-state index contributed by atoms with van der Waals surface area (Å²) >= 11 is 0. The summed E-state index contributed by atoms with van der Waals surface area (Å²) in [6, 6.07) is 2.12. The molecule has 2 amide bonds. The molecule has 0 aliphatic carbocycles. The maximum atomic E-state index is 12.5. The summed E-state index contributed by atoms with van der Waals surface area (Å²) in [6.45, 7) is 3.44. The molecule has 1 aliphatic rings. The molecule has 1 fully saturated rings. The van der Waals surface area contributed by atoms with Crippen molar-refractivity contribution in [2.75, 3.05) is 20.2 Å². The van der Waals surface area contributed by atoms with Crippen LogP contribution in [0.3, 0.4) is 0 Å². The highest BCUT2D eigenvalue weighted by Crippen LogP contribution is 2.25. The molecule has 2 aromatic rings. The van der Waals surface area contributed by atoms with Gasteiger partial charge in [0.1, 0.15) is 5.75 Å². The first-order valence-electron chi connectivity index (χ1n) is 8.20. The summed E-state index contributed by atoms with van der Waals surface area (Å²) in [5.74, 6) is 0.684. The van der Waals surface area contributed by atoms with E-state index in [4.69, 9.17) is 4.74 Å². The number of ether oxygens (including phenoxy) is 1. The largest absolute Gasteiger partial charge is 0.495 e. The maximum absolute atomic E-state index is 12.5. The Morgan fingerprint density at radius 1 is 1.33 bits per heavy atom. The molecule has 7 nitrogen and oxygen atoms in total. The molecular weight excluding hydrogens is 306 g/mol. The molecule has 0 aromatic carbocycles. The smallest absolute Gasteiger partial charge is 0.317 e. The van der Waals surface area contributed by atoms with Gasteiger partial charge in [-0.1, -0.05) is 0 Å². The van der Waals surface area contributed by atoms with Gasteiger partial charge < -0.3 is 19.5 Å². The number of nitrogens with one attached hydrogen (secondary N) is 1. The fraction of sp³-hybridized carbons (Fsp3) is 0.471. The highest BCUT2D eigenvalue weighted by Gasteiger charge is 2.25. The van der Waals surface area contributed by atoms with Crippen LogP contribution in [0.15, 0.2) is 37.2 Å². The van der Waals surface area contributed by atoms with Gasteiger partial charge in [0.15, 0.2) is 0 Å². The summed E-state index contributed by atoms with van der Waals surface area (Å²) in [7, 11) is 1.61. The monoisotopic (exact) mass is 329 g/mol. The highest BCUT2D eigenvalue weighted by molar-refractivity contribution is 5.75. The molecule has 0 spiro atoms. The molecule has 24 heavy (non-hydrogen) atoms. The van der Waals surface area contributed by atoms with E-state index in [1.807, 2.05) is 30.4 Å². The number of amides is 2. The van der Waals surface area contributed by atoms with Gasteiger partial charge in [0.2, 0.25) is 0 Å². The van der Waals surface area contributed by atoms with Crippen molar-refractivity contribution < 1.29 is 9.53 Å². The Labute approximate surface area is 141 Å². The van der Waals surface area contributed by atoms with E-state index in [1.54, 1.807) is 25.7 Å². The van der Waals surface area contributed by atoms with Crippen molar-refractivity contribution in [2.45, 2.75) is 31.8 Å². The highest BCUT2D eigenvalue weighted by atomic mass is 16.5. The number of rotatable bonds is 4. The lowest BCUT2D eigenvalue weighted by molar-refractivity contribution is 0.168. The number of pyridine rings is 1. The minimum absolute atomic E-state index is 0.0366. The number of carbonyl (C=O) groups is 1. The Morgan fingerprint density at radius 3 is 2.79 bits per heavy atom. The molecule has 2 aromatic heterocycles. The van der Waals surface area contributed by atoms with Crippen LogP contribution in [0, 0.1) is 0 Å². The Bertz CT molecular complexity index is 665. The SMILES string of the molecule is COc1cnccc1[C@H](C)NC(=O)N1CCC(n2ccnc2)CC1. The van der Waals surface area contributed by atoms with Crippen LogP contribution in [0.5, 0.6) is 5.75 Å². The number of aromatic nitrogens is 3. The molecule has 0 bridgehead atoms. The molecule has 3 heterocycles. The van der Waals surface area contributed by atoms with Crippen LogP contribution in [0.1, 0.15) is 37.4 Å². The Morgan fingerprint density at radius 2 is 2.12 bits per heavy atom. The predicted octanol–water partition coefficient (Wildman–Crippen LogP) is 2.39. The zero-order chi connectivity index (χ0) is 16.9. The van der Waals surface area contributed by atoms with Gasteiger partial charge in [-0.05, 0) is 25.8 Å². The number of imidazole rings is 1. The molecule has 1 atom stereocenters. The number of carbonyl (C=O) groups excluding carboxylic acids is 1. The van der Waals surface area contributed by atoms with Gasteiger partial charge in [-0.3, -0.25) is 4.98 Å². The summed E-state index contributed by atoms with van der Waals surface area (Å²) in [5, 5.41) is 3.05. The average molecular weight is 329 g/mol. The molecule has 0 saturated carbocycles. The minimum Gasteiger partial charge on any atom is -0.495 e. The van der Waals surface area contributed by atoms with Crippen molar-refractivity contribution in [3.05, 3.63) is 42.7 Å². The zero-order valence-corrected chi connectivity index (χ0v) is 14.1. The first-order valence-corrected chi connectivity index (χ1v) is 8.20. The Hall–Kier alpha value is -2.57. The van der Waals surface area contributed by atoms with Crippen molar-refractivity contribution in [1.82, 2.24) is 24.8 Å². The van der Waals surface area contributed by atoms with Crippen LogP contribution in [-0.4, -0.2) is 45.7 Å². The molecule has 0 radical (unpaired) electrons. The van der Waals surface area contributed by atoms with Gasteiger partial charge in [0.05, 0.1) is 25.7 Å². The maximum Gasteiger partial charge on any atom is 0.317 e. The third-order valence-electron chi connectivity index (χ3n) is 4.54. The van der Waals surface area contributed by atoms with Crippen molar-refractivity contribution in [3.63, 3.8) is 0 Å². The van der Waals surface area contributed by atoms with Gasteiger partial charge >= 0.3 is 6.03 Å². The second-order valence-corrected chi connectivity index (χ2v) is 6.02. The van der Waals surface area contributed by atoms with Crippen LogP contribution in [-0.2, 0) is 0 Å². The number of urea groups is 1. The van der Waals surface area contributed by atoms with E-state index < -0.39 is 0 Å². The van der Waals surface area contributed by atoms with Crippen LogP contribution >= 0.6 is 0 Å². The van der Waals surface area contributed by atoms with Crippen LogP contribution in [0.25, 0.3) is 0 Å². The number of likely N-dealkylation sites (tertiary alicyclic amines) is 1. The second-order valence-electron chi connectivity index (χ2n) is 6.02. The van der Waals surface area contributed by atoms with E-state index >= 15 is 0 Å². The van der Waals surface area contributed by atoms with Gasteiger partial charge in [-0.2, -0.15) is 0 Å². The normalized spacial score (nSPS) is 16.7. The lowest BCUT2D eigenvalue weighted by Crippen LogP contribution is -2.45. The molecule has 7 heteroatoms. The lowest BCUT2D eigenvalue weighted by atomic mass is 10.1. The van der Waals surface area contributed by atoms with Gasteiger partial charge in [-0.15, -0.1) is 0 Å². The summed E-state index contributed by atoms with van der Waals surface area (Å²) < 4.78 is 7.44. The van der Waals surface area contributed by atoms with Gasteiger partial charge in [0, 0.05) is 43.3 Å². The molecule has 128 valence electrons. The average Bonchev–Trinajstić information content (AvgIpc) is 3.16. The Kier molecular flexibility index (Phi) is 4.98.